The average molecular weight is 532 g/mol. The molecule has 30 heavy (non-hydrogen) atoms. The fraction of sp³-hybridized carbons (Fsp3) is 0.636. The molecule has 1 saturated carbocycles. The quantitative estimate of drug-likeness (QED) is 0.222. The van der Waals surface area contributed by atoms with Gasteiger partial charge in [-0.05, 0) is 36.5 Å². The van der Waals surface area contributed by atoms with Crippen molar-refractivity contribution in [3.05, 3.63) is 29.8 Å². The van der Waals surface area contributed by atoms with Crippen LogP contribution >= 0.6 is 24.0 Å². The van der Waals surface area contributed by atoms with E-state index in [-0.39, 0.29) is 36.4 Å². The van der Waals surface area contributed by atoms with E-state index in [1.165, 1.54) is 19.3 Å². The lowest BCUT2D eigenvalue weighted by Crippen LogP contribution is -2.48. The third kappa shape index (κ3) is 9.51. The number of aliphatic imine (C=N–C) groups is 1. The first-order valence-corrected chi connectivity index (χ1v) is 10.4. The summed E-state index contributed by atoms with van der Waals surface area (Å²) in [4.78, 5) is 18.0. The minimum Gasteiger partial charge on any atom is -0.497 e. The van der Waals surface area contributed by atoms with Crippen molar-refractivity contribution in [1.82, 2.24) is 15.5 Å². The van der Waals surface area contributed by atoms with Crippen LogP contribution in [0.15, 0.2) is 29.3 Å². The summed E-state index contributed by atoms with van der Waals surface area (Å²) in [5, 5.41) is 6.83. The Balaban J connectivity index is 0.00000450. The van der Waals surface area contributed by atoms with Crippen molar-refractivity contribution in [3.8, 4) is 5.75 Å². The summed E-state index contributed by atoms with van der Waals surface area (Å²) in [5.41, 5.74) is 1.10. The van der Waals surface area contributed by atoms with Gasteiger partial charge in [0.2, 0.25) is 5.91 Å². The summed E-state index contributed by atoms with van der Waals surface area (Å²) in [6.07, 6.45) is 4.89. The van der Waals surface area contributed by atoms with E-state index in [0.717, 1.165) is 17.7 Å². The number of carbonyl (C=O) groups excluding carboxylic acids is 1. The predicted octanol–water partition coefficient (Wildman–Crippen LogP) is 3.03. The zero-order valence-electron chi connectivity index (χ0n) is 18.6. The fourth-order valence-corrected chi connectivity index (χ4v) is 3.30. The van der Waals surface area contributed by atoms with Gasteiger partial charge in [-0.2, -0.15) is 0 Å². The minimum absolute atomic E-state index is 0. The number of hydrogen-bond acceptors (Lipinski definition) is 4. The topological polar surface area (TPSA) is 75.2 Å². The van der Waals surface area contributed by atoms with E-state index < -0.39 is 0 Å². The highest BCUT2D eigenvalue weighted by Crippen LogP contribution is 2.23. The number of carbonyl (C=O) groups is 1. The second kappa shape index (κ2) is 14.5. The molecule has 0 radical (unpaired) electrons. The van der Waals surface area contributed by atoms with Crippen molar-refractivity contribution in [2.24, 2.45) is 10.9 Å². The van der Waals surface area contributed by atoms with Crippen LogP contribution in [0, 0.1) is 5.92 Å². The van der Waals surface area contributed by atoms with E-state index in [4.69, 9.17) is 9.47 Å². The maximum absolute atomic E-state index is 11.9. The van der Waals surface area contributed by atoms with E-state index in [2.05, 4.69) is 22.5 Å². The van der Waals surface area contributed by atoms with Crippen LogP contribution in [0.2, 0.25) is 0 Å². The molecule has 0 bridgehead atoms. The van der Waals surface area contributed by atoms with Crippen LogP contribution < -0.4 is 15.4 Å². The van der Waals surface area contributed by atoms with Gasteiger partial charge in [0.05, 0.1) is 20.3 Å². The van der Waals surface area contributed by atoms with Crippen molar-refractivity contribution in [2.75, 3.05) is 40.9 Å². The first-order valence-electron chi connectivity index (χ1n) is 10.4. The molecule has 1 aromatic rings. The van der Waals surface area contributed by atoms with Gasteiger partial charge in [0, 0.05) is 26.7 Å². The molecule has 0 saturated heterocycles. The highest BCUT2D eigenvalue weighted by Gasteiger charge is 2.22. The van der Waals surface area contributed by atoms with Crippen LogP contribution in [0.25, 0.3) is 0 Å². The lowest BCUT2D eigenvalue weighted by molar-refractivity contribution is -0.127. The Morgan fingerprint density at radius 1 is 1.20 bits per heavy atom. The molecule has 0 heterocycles. The summed E-state index contributed by atoms with van der Waals surface area (Å²) < 4.78 is 10.9. The Kier molecular flexibility index (Phi) is 12.8. The predicted molar refractivity (Wildman–Crippen MR) is 132 cm³/mol. The van der Waals surface area contributed by atoms with Crippen LogP contribution in [-0.2, 0) is 16.1 Å². The van der Waals surface area contributed by atoms with Gasteiger partial charge in [-0.3, -0.25) is 4.79 Å². The third-order valence-corrected chi connectivity index (χ3v) is 5.27. The summed E-state index contributed by atoms with van der Waals surface area (Å²) in [6.45, 7) is 4.13. The van der Waals surface area contributed by atoms with Gasteiger partial charge in [0.1, 0.15) is 12.3 Å². The van der Waals surface area contributed by atoms with Crippen LogP contribution in [0.1, 0.15) is 38.2 Å². The number of guanidine groups is 1. The van der Waals surface area contributed by atoms with Gasteiger partial charge in [-0.25, -0.2) is 4.99 Å². The molecule has 0 aliphatic heterocycles. The van der Waals surface area contributed by atoms with Crippen LogP contribution in [0.4, 0.5) is 0 Å². The highest BCUT2D eigenvalue weighted by atomic mass is 127. The van der Waals surface area contributed by atoms with E-state index >= 15 is 0 Å². The van der Waals surface area contributed by atoms with Gasteiger partial charge < -0.3 is 25.0 Å². The molecule has 8 heteroatoms. The van der Waals surface area contributed by atoms with E-state index in [1.54, 1.807) is 26.1 Å². The Hall–Kier alpha value is -1.55. The van der Waals surface area contributed by atoms with Crippen molar-refractivity contribution in [1.29, 1.82) is 0 Å². The van der Waals surface area contributed by atoms with Crippen LogP contribution in [0.3, 0.4) is 0 Å². The lowest BCUT2D eigenvalue weighted by Gasteiger charge is -2.31. The molecule has 2 unspecified atom stereocenters. The zero-order valence-corrected chi connectivity index (χ0v) is 21.0. The van der Waals surface area contributed by atoms with Crippen molar-refractivity contribution in [3.63, 3.8) is 0 Å². The first-order chi connectivity index (χ1) is 14.0. The molecule has 1 aliphatic carbocycles. The highest BCUT2D eigenvalue weighted by molar-refractivity contribution is 14.0. The molecule has 1 aliphatic rings. The van der Waals surface area contributed by atoms with E-state index in [1.807, 2.05) is 24.3 Å². The largest absolute Gasteiger partial charge is 0.497 e. The Morgan fingerprint density at radius 2 is 1.90 bits per heavy atom. The van der Waals surface area contributed by atoms with E-state index in [0.29, 0.717) is 37.7 Å². The molecular formula is C22H37IN4O3. The number of likely N-dealkylation sites (N-methyl/N-ethyl adjacent to an activating group) is 1. The second-order valence-corrected chi connectivity index (χ2v) is 7.79. The standard InChI is InChI=1S/C22H36N4O3.HI/c1-17-7-5-6-8-20(17)25-22(24-15-21(27)26(2)3)23-13-14-29-16-18-9-11-19(28-4)12-10-18;/h9-12,17,20H,5-8,13-16H2,1-4H3,(H2,23,24,25);1H. The molecule has 1 fully saturated rings. The Labute approximate surface area is 198 Å². The smallest absolute Gasteiger partial charge is 0.243 e. The number of methoxy groups -OCH3 is 1. The number of nitrogens with zero attached hydrogens (tertiary/aromatic N) is 2. The monoisotopic (exact) mass is 532 g/mol. The molecule has 0 aromatic heterocycles. The van der Waals surface area contributed by atoms with E-state index in [9.17, 15) is 4.79 Å². The molecule has 7 nitrogen and oxygen atoms in total. The maximum Gasteiger partial charge on any atom is 0.243 e. The van der Waals surface area contributed by atoms with Crippen molar-refractivity contribution >= 4 is 35.8 Å². The first kappa shape index (κ1) is 26.5. The van der Waals surface area contributed by atoms with Gasteiger partial charge >= 0.3 is 0 Å². The van der Waals surface area contributed by atoms with Gasteiger partial charge in [0.25, 0.3) is 0 Å². The van der Waals surface area contributed by atoms with Crippen LogP contribution in [0.5, 0.6) is 5.75 Å². The third-order valence-electron chi connectivity index (χ3n) is 5.27. The van der Waals surface area contributed by atoms with Crippen molar-refractivity contribution < 1.29 is 14.3 Å². The lowest BCUT2D eigenvalue weighted by atomic mass is 9.86. The number of amides is 1. The number of benzene rings is 1. The molecule has 170 valence electrons. The number of rotatable bonds is 9. The molecule has 1 amide bonds. The summed E-state index contributed by atoms with van der Waals surface area (Å²) in [7, 11) is 5.15. The zero-order chi connectivity index (χ0) is 21.1. The molecular weight excluding hydrogens is 495 g/mol. The van der Waals surface area contributed by atoms with Gasteiger partial charge in [0.15, 0.2) is 5.96 Å². The number of ether oxygens (including phenoxy) is 2. The number of nitrogens with one attached hydrogen (secondary N) is 2. The van der Waals surface area contributed by atoms with Gasteiger partial charge in [-0.15, -0.1) is 24.0 Å². The van der Waals surface area contributed by atoms with Gasteiger partial charge in [-0.1, -0.05) is 31.9 Å². The maximum atomic E-state index is 11.9. The van der Waals surface area contributed by atoms with Crippen molar-refractivity contribution in [2.45, 2.75) is 45.3 Å². The molecule has 0 spiro atoms. The summed E-state index contributed by atoms with van der Waals surface area (Å²) in [5.74, 6) is 2.11. The molecule has 2 N–H and O–H groups in total. The fourth-order valence-electron chi connectivity index (χ4n) is 3.30. The summed E-state index contributed by atoms with van der Waals surface area (Å²) in [6, 6.07) is 8.25. The second-order valence-electron chi connectivity index (χ2n) is 7.79. The molecule has 2 rings (SSSR count). The molecule has 1 aromatic carbocycles. The normalized spacial score (nSPS) is 18.9. The Morgan fingerprint density at radius 3 is 2.53 bits per heavy atom. The summed E-state index contributed by atoms with van der Waals surface area (Å²) >= 11 is 0. The minimum atomic E-state index is -0.0152. The average Bonchev–Trinajstić information content (AvgIpc) is 2.73. The molecule has 2 atom stereocenters. The Bertz CT molecular complexity index is 652. The van der Waals surface area contributed by atoms with Crippen LogP contribution in [-0.4, -0.2) is 63.7 Å². The number of halogens is 1. The number of hydrogen-bond donors (Lipinski definition) is 2. The SMILES string of the molecule is COc1ccc(COCCNC(=NCC(=O)N(C)C)NC2CCCCC2C)cc1.I.